The lowest BCUT2D eigenvalue weighted by atomic mass is 9.97. The molecule has 2 aliphatic rings. The van der Waals surface area contributed by atoms with Crippen molar-refractivity contribution in [2.45, 2.75) is 25.7 Å². The number of ether oxygens (including phenoxy) is 2. The molecule has 168 valence electrons. The average molecular weight is 429 g/mol. The first kappa shape index (κ1) is 21.7. The maximum absolute atomic E-state index is 12.9. The minimum atomic E-state index is -0.194. The lowest BCUT2D eigenvalue weighted by molar-refractivity contribution is 0.0490. The van der Waals surface area contributed by atoms with Gasteiger partial charge in [0.15, 0.2) is 5.82 Å². The molecule has 0 atom stereocenters. The van der Waals surface area contributed by atoms with Crippen LogP contribution in [0.2, 0.25) is 0 Å². The molecule has 1 N–H and O–H groups in total. The second-order valence-electron chi connectivity index (χ2n) is 8.63. The van der Waals surface area contributed by atoms with Crippen LogP contribution in [-0.4, -0.2) is 76.8 Å². The second kappa shape index (κ2) is 10.2. The van der Waals surface area contributed by atoms with Gasteiger partial charge in [0.2, 0.25) is 5.88 Å². The molecule has 2 saturated heterocycles. The predicted molar refractivity (Wildman–Crippen MR) is 116 cm³/mol. The van der Waals surface area contributed by atoms with Crippen molar-refractivity contribution < 1.29 is 14.3 Å². The summed E-state index contributed by atoms with van der Waals surface area (Å²) in [4.78, 5) is 28.4. The van der Waals surface area contributed by atoms with Crippen LogP contribution in [0.5, 0.6) is 5.88 Å². The lowest BCUT2D eigenvalue weighted by Crippen LogP contribution is -2.37. The quantitative estimate of drug-likeness (QED) is 0.718. The lowest BCUT2D eigenvalue weighted by Gasteiger charge is -2.28. The third-order valence-corrected chi connectivity index (χ3v) is 6.18. The highest BCUT2D eigenvalue weighted by atomic mass is 16.5. The van der Waals surface area contributed by atoms with Crippen LogP contribution in [-0.2, 0) is 11.8 Å². The van der Waals surface area contributed by atoms with E-state index in [1.807, 2.05) is 11.6 Å². The smallest absolute Gasteiger partial charge is 0.270 e. The van der Waals surface area contributed by atoms with Crippen molar-refractivity contribution in [3.8, 4) is 17.4 Å². The fourth-order valence-corrected chi connectivity index (χ4v) is 4.01. The largest absolute Gasteiger partial charge is 0.477 e. The van der Waals surface area contributed by atoms with Crippen molar-refractivity contribution in [3.05, 3.63) is 24.3 Å². The first-order valence-electron chi connectivity index (χ1n) is 11.1. The van der Waals surface area contributed by atoms with Gasteiger partial charge in [-0.15, -0.1) is 0 Å². The summed E-state index contributed by atoms with van der Waals surface area (Å²) in [7, 11) is 4.01. The van der Waals surface area contributed by atoms with Crippen molar-refractivity contribution in [1.82, 2.24) is 29.7 Å². The first-order valence-corrected chi connectivity index (χ1v) is 11.1. The fraction of sp³-hybridized carbons (Fsp3) is 0.636. The number of hydrogen-bond donors (Lipinski definition) is 1. The molecule has 4 heterocycles. The van der Waals surface area contributed by atoms with Crippen molar-refractivity contribution in [3.63, 3.8) is 0 Å². The normalized spacial score (nSPS) is 18.8. The molecule has 9 nitrogen and oxygen atoms in total. The number of aryl methyl sites for hydroxylation is 1. The van der Waals surface area contributed by atoms with Gasteiger partial charge in [0.25, 0.3) is 5.91 Å². The Hall–Kier alpha value is -2.52. The maximum atomic E-state index is 12.9. The van der Waals surface area contributed by atoms with Crippen LogP contribution in [0.15, 0.2) is 18.6 Å². The molecular formula is C22H32N6O3. The van der Waals surface area contributed by atoms with Crippen LogP contribution in [0.1, 0.15) is 36.2 Å². The molecule has 0 aromatic carbocycles. The van der Waals surface area contributed by atoms with Gasteiger partial charge in [0.1, 0.15) is 11.4 Å². The summed E-state index contributed by atoms with van der Waals surface area (Å²) in [5.74, 6) is 1.60. The van der Waals surface area contributed by atoms with Crippen molar-refractivity contribution in [2.24, 2.45) is 18.9 Å². The Kier molecular flexibility index (Phi) is 7.14. The summed E-state index contributed by atoms with van der Waals surface area (Å²) < 4.78 is 13.3. The number of piperidine rings is 1. The minimum Gasteiger partial charge on any atom is -0.477 e. The van der Waals surface area contributed by atoms with E-state index in [-0.39, 0.29) is 5.91 Å². The summed E-state index contributed by atoms with van der Waals surface area (Å²) in [6.07, 6.45) is 7.53. The molecule has 9 heteroatoms. The first-order chi connectivity index (χ1) is 15.1. The average Bonchev–Trinajstić information content (AvgIpc) is 3.23. The molecule has 0 aliphatic carbocycles. The number of likely N-dealkylation sites (tertiary alicyclic amines) is 1. The zero-order valence-electron chi connectivity index (χ0n) is 18.4. The van der Waals surface area contributed by atoms with Gasteiger partial charge in [0, 0.05) is 32.9 Å². The van der Waals surface area contributed by atoms with Crippen LogP contribution >= 0.6 is 0 Å². The van der Waals surface area contributed by atoms with Gasteiger partial charge in [-0.1, -0.05) is 0 Å². The van der Waals surface area contributed by atoms with Crippen LogP contribution in [0.3, 0.4) is 0 Å². The summed E-state index contributed by atoms with van der Waals surface area (Å²) >= 11 is 0. The molecule has 0 radical (unpaired) electrons. The molecular weight excluding hydrogens is 396 g/mol. The SMILES string of the molecule is CN1CCC(CNC(=O)c2cc(OCC3CCOCC3)nc(-c3cncn3C)n2)CC1. The van der Waals surface area contributed by atoms with E-state index >= 15 is 0 Å². The van der Waals surface area contributed by atoms with Gasteiger partial charge in [-0.05, 0) is 57.7 Å². The Morgan fingerprint density at radius 3 is 2.65 bits per heavy atom. The molecule has 2 aromatic heterocycles. The number of hydrogen-bond acceptors (Lipinski definition) is 7. The number of aromatic nitrogens is 4. The van der Waals surface area contributed by atoms with E-state index in [0.717, 1.165) is 57.7 Å². The van der Waals surface area contributed by atoms with E-state index in [0.29, 0.717) is 42.4 Å². The maximum Gasteiger partial charge on any atom is 0.270 e. The number of nitrogens with one attached hydrogen (secondary N) is 1. The Morgan fingerprint density at radius 1 is 1.16 bits per heavy atom. The number of rotatable bonds is 7. The van der Waals surface area contributed by atoms with Gasteiger partial charge in [-0.3, -0.25) is 4.79 Å². The van der Waals surface area contributed by atoms with E-state index < -0.39 is 0 Å². The van der Waals surface area contributed by atoms with E-state index in [2.05, 4.69) is 32.2 Å². The van der Waals surface area contributed by atoms with Gasteiger partial charge in [-0.2, -0.15) is 4.98 Å². The zero-order valence-corrected chi connectivity index (χ0v) is 18.4. The van der Waals surface area contributed by atoms with Gasteiger partial charge >= 0.3 is 0 Å². The van der Waals surface area contributed by atoms with E-state index in [4.69, 9.17) is 9.47 Å². The standard InChI is InChI=1S/C22H32N6O3/c1-27-7-3-16(4-8-27)12-24-22(29)18-11-20(31-14-17-5-9-30-10-6-17)26-21(25-18)19-13-23-15-28(19)2/h11,13,15-17H,3-10,12,14H2,1-2H3,(H,24,29). The fourth-order valence-electron chi connectivity index (χ4n) is 4.01. The molecule has 2 fully saturated rings. The van der Waals surface area contributed by atoms with Gasteiger partial charge < -0.3 is 24.3 Å². The topological polar surface area (TPSA) is 94.4 Å². The number of nitrogens with zero attached hydrogens (tertiary/aromatic N) is 5. The Morgan fingerprint density at radius 2 is 1.94 bits per heavy atom. The molecule has 4 rings (SSSR count). The summed E-state index contributed by atoms with van der Waals surface area (Å²) in [6, 6.07) is 1.64. The van der Waals surface area contributed by atoms with E-state index in [1.54, 1.807) is 18.6 Å². The number of imidazole rings is 1. The molecule has 1 amide bonds. The highest BCUT2D eigenvalue weighted by molar-refractivity contribution is 5.92. The molecule has 2 aliphatic heterocycles. The highest BCUT2D eigenvalue weighted by Crippen LogP contribution is 2.21. The van der Waals surface area contributed by atoms with Crippen LogP contribution in [0.25, 0.3) is 11.5 Å². The minimum absolute atomic E-state index is 0.194. The molecule has 2 aromatic rings. The van der Waals surface area contributed by atoms with Crippen LogP contribution < -0.4 is 10.1 Å². The predicted octanol–water partition coefficient (Wildman–Crippen LogP) is 1.75. The number of carbonyl (C=O) groups is 1. The van der Waals surface area contributed by atoms with Gasteiger partial charge in [-0.25, -0.2) is 9.97 Å². The van der Waals surface area contributed by atoms with E-state index in [9.17, 15) is 4.79 Å². The summed E-state index contributed by atoms with van der Waals surface area (Å²) in [5, 5.41) is 3.06. The molecule has 0 saturated carbocycles. The van der Waals surface area contributed by atoms with E-state index in [1.165, 1.54) is 0 Å². The zero-order chi connectivity index (χ0) is 21.6. The second-order valence-corrected chi connectivity index (χ2v) is 8.63. The van der Waals surface area contributed by atoms with Gasteiger partial charge in [0.05, 0.1) is 19.1 Å². The molecule has 0 spiro atoms. The van der Waals surface area contributed by atoms with Crippen molar-refractivity contribution in [2.75, 3.05) is 46.5 Å². The van der Waals surface area contributed by atoms with Crippen LogP contribution in [0.4, 0.5) is 0 Å². The van der Waals surface area contributed by atoms with Crippen molar-refractivity contribution >= 4 is 5.91 Å². The Balaban J connectivity index is 1.47. The number of amides is 1. The molecule has 31 heavy (non-hydrogen) atoms. The molecule has 0 bridgehead atoms. The van der Waals surface area contributed by atoms with Crippen LogP contribution in [0, 0.1) is 11.8 Å². The highest BCUT2D eigenvalue weighted by Gasteiger charge is 2.21. The Labute approximate surface area is 183 Å². The monoisotopic (exact) mass is 428 g/mol. The third kappa shape index (κ3) is 5.80. The summed E-state index contributed by atoms with van der Waals surface area (Å²) in [5.41, 5.74) is 1.06. The molecule has 0 unspecified atom stereocenters. The summed E-state index contributed by atoms with van der Waals surface area (Å²) in [6.45, 7) is 4.90. The number of carbonyl (C=O) groups excluding carboxylic acids is 1. The Bertz CT molecular complexity index is 872. The van der Waals surface area contributed by atoms with Crippen molar-refractivity contribution in [1.29, 1.82) is 0 Å². The third-order valence-electron chi connectivity index (χ3n) is 6.18.